The van der Waals surface area contributed by atoms with Gasteiger partial charge in [0.2, 0.25) is 5.88 Å². The number of nitriles is 1. The highest BCUT2D eigenvalue weighted by atomic mass is 16.5. The molecule has 6 nitrogen and oxygen atoms in total. The molecule has 0 aliphatic carbocycles. The minimum absolute atomic E-state index is 0.131. The Hall–Kier alpha value is -2.94. The number of aromatic nitrogens is 1. The molecule has 2 heterocycles. The van der Waals surface area contributed by atoms with Crippen molar-refractivity contribution in [1.29, 1.82) is 5.26 Å². The summed E-state index contributed by atoms with van der Waals surface area (Å²) >= 11 is 0. The van der Waals surface area contributed by atoms with Gasteiger partial charge in [0, 0.05) is 11.5 Å². The van der Waals surface area contributed by atoms with Gasteiger partial charge in [0.05, 0.1) is 24.2 Å². The third-order valence-electron chi connectivity index (χ3n) is 3.91. The summed E-state index contributed by atoms with van der Waals surface area (Å²) in [4.78, 5) is 4.62. The monoisotopic (exact) mass is 324 g/mol. The second-order valence-corrected chi connectivity index (χ2v) is 5.89. The zero-order valence-corrected chi connectivity index (χ0v) is 14.0. The van der Waals surface area contributed by atoms with Gasteiger partial charge in [0.1, 0.15) is 17.3 Å². The molecule has 0 bridgehead atoms. The summed E-state index contributed by atoms with van der Waals surface area (Å²) in [6.07, 6.45) is 0. The molecule has 0 amide bonds. The van der Waals surface area contributed by atoms with Crippen LogP contribution in [0.3, 0.4) is 0 Å². The summed E-state index contributed by atoms with van der Waals surface area (Å²) in [7, 11) is 0. The maximum absolute atomic E-state index is 9.63. The molecule has 0 saturated heterocycles. The lowest BCUT2D eigenvalue weighted by atomic mass is 9.86. The molecule has 3 rings (SSSR count). The summed E-state index contributed by atoms with van der Waals surface area (Å²) in [6.45, 7) is 6.46. The maximum Gasteiger partial charge on any atom is 0.223 e. The fourth-order valence-electron chi connectivity index (χ4n) is 2.80. The average molecular weight is 324 g/mol. The Labute approximate surface area is 140 Å². The van der Waals surface area contributed by atoms with Gasteiger partial charge in [-0.15, -0.1) is 0 Å². The van der Waals surface area contributed by atoms with E-state index in [-0.39, 0.29) is 11.7 Å². The van der Waals surface area contributed by atoms with Crippen LogP contribution in [-0.2, 0) is 0 Å². The third-order valence-corrected chi connectivity index (χ3v) is 3.91. The highest BCUT2D eigenvalue weighted by Gasteiger charge is 2.35. The molecule has 0 radical (unpaired) electrons. The van der Waals surface area contributed by atoms with Crippen LogP contribution in [0.25, 0.3) is 0 Å². The summed E-state index contributed by atoms with van der Waals surface area (Å²) in [6, 6.07) is 9.83. The van der Waals surface area contributed by atoms with E-state index in [1.54, 1.807) is 0 Å². The fourth-order valence-corrected chi connectivity index (χ4v) is 2.80. The number of ether oxygens (including phenoxy) is 1. The number of nitrogens with zero attached hydrogens (tertiary/aromatic N) is 2. The third kappa shape index (κ3) is 2.58. The molecule has 2 aromatic rings. The van der Waals surface area contributed by atoms with Crippen LogP contribution < -0.4 is 15.8 Å². The molecule has 1 aromatic heterocycles. The van der Waals surface area contributed by atoms with Crippen LogP contribution in [0.5, 0.6) is 5.75 Å². The van der Waals surface area contributed by atoms with Crippen LogP contribution in [0, 0.1) is 11.3 Å². The Morgan fingerprint density at radius 2 is 2.17 bits per heavy atom. The molecule has 6 heteroatoms. The number of nitrogens with two attached hydrogens (primary N) is 1. The number of nitrogens with one attached hydrogen (secondary N) is 1. The van der Waals surface area contributed by atoms with Crippen molar-refractivity contribution in [2.45, 2.75) is 32.6 Å². The highest BCUT2D eigenvalue weighted by molar-refractivity contribution is 5.63. The predicted octanol–water partition coefficient (Wildman–Crippen LogP) is 3.45. The number of hydrogen-bond acceptors (Lipinski definition) is 6. The number of hydrogen-bond donors (Lipinski definition) is 2. The van der Waals surface area contributed by atoms with E-state index in [1.807, 2.05) is 45.0 Å². The van der Waals surface area contributed by atoms with Gasteiger partial charge in [-0.1, -0.05) is 32.0 Å². The van der Waals surface area contributed by atoms with Crippen LogP contribution in [-0.4, -0.2) is 11.6 Å². The summed E-state index contributed by atoms with van der Waals surface area (Å²) in [5, 5.41) is 12.6. The number of anilines is 1. The van der Waals surface area contributed by atoms with E-state index in [0.717, 1.165) is 5.56 Å². The quantitative estimate of drug-likeness (QED) is 0.894. The predicted molar refractivity (Wildman–Crippen MR) is 90.5 cm³/mol. The Morgan fingerprint density at radius 3 is 2.83 bits per heavy atom. The standard InChI is InChI=1S/C18H20N4O2/c1-4-23-13-8-6-5-7-11(13)14-12(9-19)16(20)22-18-15(14)21-17(24-18)10(2)3/h5-8,10,14,22H,4,20H2,1-3H3. The average Bonchev–Trinajstić information content (AvgIpc) is 2.98. The molecular weight excluding hydrogens is 304 g/mol. The first kappa shape index (κ1) is 15.9. The van der Waals surface area contributed by atoms with E-state index in [4.69, 9.17) is 14.9 Å². The van der Waals surface area contributed by atoms with Crippen molar-refractivity contribution in [1.82, 2.24) is 4.98 Å². The number of allylic oxidation sites excluding steroid dienone is 1. The Bertz CT molecular complexity index is 830. The van der Waals surface area contributed by atoms with Gasteiger partial charge in [-0.25, -0.2) is 4.98 Å². The SMILES string of the molecule is CCOc1ccccc1C1C(C#N)=C(N)Nc2oc(C(C)C)nc21. The van der Waals surface area contributed by atoms with Gasteiger partial charge in [-0.2, -0.15) is 5.26 Å². The van der Waals surface area contributed by atoms with E-state index in [1.165, 1.54) is 0 Å². The number of fused-ring (bicyclic) bond motifs is 1. The van der Waals surface area contributed by atoms with Crippen molar-refractivity contribution in [2.24, 2.45) is 5.73 Å². The van der Waals surface area contributed by atoms with Gasteiger partial charge in [0.25, 0.3) is 0 Å². The molecule has 0 saturated carbocycles. The lowest BCUT2D eigenvalue weighted by Crippen LogP contribution is -2.23. The molecule has 1 atom stereocenters. The maximum atomic E-state index is 9.63. The molecule has 1 aliphatic rings. The van der Waals surface area contributed by atoms with Gasteiger partial charge in [-0.3, -0.25) is 0 Å². The van der Waals surface area contributed by atoms with Gasteiger partial charge in [0.15, 0.2) is 5.89 Å². The van der Waals surface area contributed by atoms with Crippen molar-refractivity contribution in [2.75, 3.05) is 11.9 Å². The van der Waals surface area contributed by atoms with Crippen LogP contribution in [0.4, 0.5) is 5.88 Å². The number of benzene rings is 1. The highest BCUT2D eigenvalue weighted by Crippen LogP contribution is 2.44. The second kappa shape index (κ2) is 6.28. The summed E-state index contributed by atoms with van der Waals surface area (Å²) in [5.74, 6) is 1.82. The van der Waals surface area contributed by atoms with E-state index in [0.29, 0.717) is 35.4 Å². The minimum atomic E-state index is -0.412. The molecule has 1 unspecified atom stereocenters. The first-order valence-corrected chi connectivity index (χ1v) is 7.95. The smallest absolute Gasteiger partial charge is 0.223 e. The van der Waals surface area contributed by atoms with Gasteiger partial charge in [-0.05, 0) is 13.0 Å². The lowest BCUT2D eigenvalue weighted by molar-refractivity contribution is 0.336. The first-order chi connectivity index (χ1) is 11.6. The first-order valence-electron chi connectivity index (χ1n) is 7.95. The van der Waals surface area contributed by atoms with Crippen molar-refractivity contribution in [3.63, 3.8) is 0 Å². The van der Waals surface area contributed by atoms with Crippen molar-refractivity contribution in [3.8, 4) is 11.8 Å². The van der Waals surface area contributed by atoms with E-state index >= 15 is 0 Å². The minimum Gasteiger partial charge on any atom is -0.494 e. The van der Waals surface area contributed by atoms with Crippen LogP contribution in [0.15, 0.2) is 40.1 Å². The molecule has 124 valence electrons. The topological polar surface area (TPSA) is 97.1 Å². The van der Waals surface area contributed by atoms with Crippen LogP contribution in [0.1, 0.15) is 49.8 Å². The van der Waals surface area contributed by atoms with Crippen LogP contribution in [0.2, 0.25) is 0 Å². The molecule has 24 heavy (non-hydrogen) atoms. The van der Waals surface area contributed by atoms with Crippen molar-refractivity contribution < 1.29 is 9.15 Å². The van der Waals surface area contributed by atoms with E-state index in [2.05, 4.69) is 16.4 Å². The van der Waals surface area contributed by atoms with E-state index < -0.39 is 5.92 Å². The zero-order chi connectivity index (χ0) is 17.3. The van der Waals surface area contributed by atoms with Gasteiger partial charge < -0.3 is 20.2 Å². The van der Waals surface area contributed by atoms with Crippen molar-refractivity contribution in [3.05, 3.63) is 52.8 Å². The van der Waals surface area contributed by atoms with Crippen molar-refractivity contribution >= 4 is 5.88 Å². The second-order valence-electron chi connectivity index (χ2n) is 5.89. The molecule has 0 spiro atoms. The lowest BCUT2D eigenvalue weighted by Gasteiger charge is -2.24. The zero-order valence-electron chi connectivity index (χ0n) is 14.0. The molecular formula is C18H20N4O2. The van der Waals surface area contributed by atoms with Crippen LogP contribution >= 0.6 is 0 Å². The van der Waals surface area contributed by atoms with E-state index in [9.17, 15) is 5.26 Å². The number of para-hydroxylation sites is 1. The largest absolute Gasteiger partial charge is 0.494 e. The molecule has 3 N–H and O–H groups in total. The number of oxazole rings is 1. The summed E-state index contributed by atoms with van der Waals surface area (Å²) < 4.78 is 11.5. The number of rotatable bonds is 4. The Balaban J connectivity index is 2.20. The fraction of sp³-hybridized carbons (Fsp3) is 0.333. The normalized spacial score (nSPS) is 16.5. The Morgan fingerprint density at radius 1 is 1.42 bits per heavy atom. The van der Waals surface area contributed by atoms with Gasteiger partial charge >= 0.3 is 0 Å². The molecule has 1 aliphatic heterocycles. The molecule has 1 aromatic carbocycles. The summed E-state index contributed by atoms with van der Waals surface area (Å²) in [5.41, 5.74) is 7.99. The molecule has 0 fully saturated rings. The Kier molecular flexibility index (Phi) is 4.17.